The second kappa shape index (κ2) is 9.93. The van der Waals surface area contributed by atoms with Gasteiger partial charge in [-0.2, -0.15) is 11.8 Å². The number of thioether (sulfide) groups is 1. The van der Waals surface area contributed by atoms with E-state index in [-0.39, 0.29) is 18.6 Å². The van der Waals surface area contributed by atoms with Crippen molar-refractivity contribution >= 4 is 17.7 Å². The van der Waals surface area contributed by atoms with Crippen LogP contribution >= 0.6 is 11.8 Å². The largest absolute Gasteiger partial charge is 0.396 e. The van der Waals surface area contributed by atoms with Crippen molar-refractivity contribution < 1.29 is 14.6 Å². The summed E-state index contributed by atoms with van der Waals surface area (Å²) in [7, 11) is 0. The Hall–Kier alpha value is -1.82. The van der Waals surface area contributed by atoms with Gasteiger partial charge in [0.25, 0.3) is 5.91 Å². The number of benzene rings is 2. The van der Waals surface area contributed by atoms with Crippen molar-refractivity contribution in [1.82, 2.24) is 4.90 Å². The van der Waals surface area contributed by atoms with Crippen LogP contribution in [0.2, 0.25) is 0 Å². The third-order valence-corrected chi connectivity index (χ3v) is 5.81. The van der Waals surface area contributed by atoms with Crippen LogP contribution in [0.3, 0.4) is 0 Å². The summed E-state index contributed by atoms with van der Waals surface area (Å²) in [4.78, 5) is 14.6. The van der Waals surface area contributed by atoms with Crippen molar-refractivity contribution in [3.05, 3.63) is 59.7 Å². The lowest BCUT2D eigenvalue weighted by Crippen LogP contribution is -2.45. The zero-order valence-corrected chi connectivity index (χ0v) is 16.6. The van der Waals surface area contributed by atoms with Gasteiger partial charge in [0.05, 0.1) is 19.3 Å². The maximum atomic E-state index is 12.7. The van der Waals surface area contributed by atoms with Crippen molar-refractivity contribution in [2.75, 3.05) is 32.1 Å². The number of morpholine rings is 1. The number of amides is 1. The van der Waals surface area contributed by atoms with Crippen LogP contribution in [0.15, 0.2) is 48.5 Å². The fourth-order valence-corrected chi connectivity index (χ4v) is 3.89. The van der Waals surface area contributed by atoms with E-state index in [9.17, 15) is 4.79 Å². The lowest BCUT2D eigenvalue weighted by molar-refractivity contribution is -0.0226. The molecule has 0 bridgehead atoms. The number of hydrogen-bond donors (Lipinski definition) is 1. The van der Waals surface area contributed by atoms with Crippen LogP contribution in [0.25, 0.3) is 11.1 Å². The zero-order valence-electron chi connectivity index (χ0n) is 15.8. The van der Waals surface area contributed by atoms with Gasteiger partial charge >= 0.3 is 0 Å². The smallest absolute Gasteiger partial charge is 0.254 e. The number of aliphatic hydroxyl groups excluding tert-OH is 1. The van der Waals surface area contributed by atoms with E-state index >= 15 is 0 Å². The number of carbonyl (C=O) groups excluding carboxylic acids is 1. The lowest BCUT2D eigenvalue weighted by atomic mass is 10.0. The van der Waals surface area contributed by atoms with Crippen LogP contribution in [0.1, 0.15) is 29.3 Å². The maximum absolute atomic E-state index is 12.7. The van der Waals surface area contributed by atoms with Gasteiger partial charge in [-0.25, -0.2) is 0 Å². The van der Waals surface area contributed by atoms with Crippen molar-refractivity contribution in [3.63, 3.8) is 0 Å². The minimum atomic E-state index is 0.0829. The maximum Gasteiger partial charge on any atom is 0.254 e. The van der Waals surface area contributed by atoms with Crippen LogP contribution in [-0.4, -0.2) is 54.1 Å². The molecule has 4 nitrogen and oxygen atoms in total. The topological polar surface area (TPSA) is 49.8 Å². The first kappa shape index (κ1) is 19.9. The highest BCUT2D eigenvalue weighted by molar-refractivity contribution is 7.98. The van der Waals surface area contributed by atoms with Crippen LogP contribution in [-0.2, 0) is 10.5 Å². The van der Waals surface area contributed by atoms with Gasteiger partial charge in [0, 0.05) is 30.2 Å². The van der Waals surface area contributed by atoms with Gasteiger partial charge in [0.2, 0.25) is 0 Å². The summed E-state index contributed by atoms with van der Waals surface area (Å²) in [5, 5.41) is 8.85. The molecule has 0 radical (unpaired) electrons. The fraction of sp³-hybridized carbons (Fsp3) is 0.409. The SMILES string of the molecule is CC[C@H]1CN(C(=O)c2ccc(-c3ccc(CSCCO)cc3)cc2)CCO1. The Morgan fingerprint density at radius 1 is 1.15 bits per heavy atom. The molecule has 0 spiro atoms. The molecule has 1 fully saturated rings. The summed E-state index contributed by atoms with van der Waals surface area (Å²) in [6.07, 6.45) is 1.08. The molecule has 1 N–H and O–H groups in total. The van der Waals surface area contributed by atoms with Gasteiger partial charge in [-0.05, 0) is 35.2 Å². The minimum Gasteiger partial charge on any atom is -0.396 e. The van der Waals surface area contributed by atoms with Crippen molar-refractivity contribution in [3.8, 4) is 11.1 Å². The number of nitrogens with zero attached hydrogens (tertiary/aromatic N) is 1. The predicted molar refractivity (Wildman–Crippen MR) is 111 cm³/mol. The number of carbonyl (C=O) groups is 1. The molecule has 1 aliphatic heterocycles. The van der Waals surface area contributed by atoms with Gasteiger partial charge in [0.1, 0.15) is 0 Å². The van der Waals surface area contributed by atoms with E-state index in [2.05, 4.69) is 31.2 Å². The Kier molecular flexibility index (Phi) is 7.33. The molecule has 0 saturated carbocycles. The highest BCUT2D eigenvalue weighted by Crippen LogP contribution is 2.23. The van der Waals surface area contributed by atoms with Crippen LogP contribution in [0.5, 0.6) is 0 Å². The Morgan fingerprint density at radius 2 is 1.81 bits per heavy atom. The summed E-state index contributed by atoms with van der Waals surface area (Å²) < 4.78 is 5.65. The second-order valence-corrected chi connectivity index (χ2v) is 7.81. The Balaban J connectivity index is 1.63. The average Bonchev–Trinajstić information content (AvgIpc) is 2.74. The van der Waals surface area contributed by atoms with E-state index in [4.69, 9.17) is 9.84 Å². The molecule has 2 aromatic carbocycles. The van der Waals surface area contributed by atoms with Crippen molar-refractivity contribution in [2.24, 2.45) is 0 Å². The molecular formula is C22H27NO3S. The molecule has 3 rings (SSSR count). The van der Waals surface area contributed by atoms with Gasteiger partial charge in [0.15, 0.2) is 0 Å². The molecular weight excluding hydrogens is 358 g/mol. The molecule has 1 saturated heterocycles. The van der Waals surface area contributed by atoms with E-state index in [1.807, 2.05) is 29.2 Å². The second-order valence-electron chi connectivity index (χ2n) is 6.70. The predicted octanol–water partition coefficient (Wildman–Crippen LogP) is 3.83. The summed E-state index contributed by atoms with van der Waals surface area (Å²) in [5.74, 6) is 1.76. The molecule has 0 aromatic heterocycles. The van der Waals surface area contributed by atoms with Gasteiger partial charge in [-0.15, -0.1) is 0 Å². The fourth-order valence-electron chi connectivity index (χ4n) is 3.19. The summed E-state index contributed by atoms with van der Waals surface area (Å²) >= 11 is 1.73. The molecule has 0 aliphatic carbocycles. The molecule has 27 heavy (non-hydrogen) atoms. The highest BCUT2D eigenvalue weighted by atomic mass is 32.2. The zero-order chi connectivity index (χ0) is 19.1. The first-order valence-corrected chi connectivity index (χ1v) is 10.7. The monoisotopic (exact) mass is 385 g/mol. The highest BCUT2D eigenvalue weighted by Gasteiger charge is 2.23. The lowest BCUT2D eigenvalue weighted by Gasteiger charge is -2.32. The molecule has 1 amide bonds. The third kappa shape index (κ3) is 5.34. The van der Waals surface area contributed by atoms with Gasteiger partial charge in [-0.3, -0.25) is 4.79 Å². The first-order valence-electron chi connectivity index (χ1n) is 9.50. The van der Waals surface area contributed by atoms with Gasteiger partial charge in [-0.1, -0.05) is 43.3 Å². The molecule has 5 heteroatoms. The van der Waals surface area contributed by atoms with Crippen LogP contribution < -0.4 is 0 Å². The quantitative estimate of drug-likeness (QED) is 0.736. The van der Waals surface area contributed by atoms with E-state index in [1.165, 1.54) is 5.56 Å². The molecule has 1 aliphatic rings. The van der Waals surface area contributed by atoms with Crippen molar-refractivity contribution in [2.45, 2.75) is 25.2 Å². The standard InChI is InChI=1S/C22H27NO3S/c1-2-21-15-23(11-13-26-21)22(25)20-9-7-19(8-10-20)18-5-3-17(4-6-18)16-27-14-12-24/h3-10,21,24H,2,11-16H2,1H3/t21-/m0/s1. The van der Waals surface area contributed by atoms with E-state index in [0.717, 1.165) is 34.6 Å². The van der Waals surface area contributed by atoms with Gasteiger partial charge < -0.3 is 14.7 Å². The Morgan fingerprint density at radius 3 is 2.44 bits per heavy atom. The molecule has 2 aromatic rings. The van der Waals surface area contributed by atoms with E-state index in [1.54, 1.807) is 11.8 Å². The molecule has 144 valence electrons. The molecule has 1 heterocycles. The molecule has 0 unspecified atom stereocenters. The summed E-state index contributed by atoms with van der Waals surface area (Å²) in [5.41, 5.74) is 4.23. The summed E-state index contributed by atoms with van der Waals surface area (Å²) in [6, 6.07) is 16.3. The van der Waals surface area contributed by atoms with Crippen LogP contribution in [0, 0.1) is 0 Å². The first-order chi connectivity index (χ1) is 13.2. The summed E-state index contributed by atoms with van der Waals surface area (Å²) in [6.45, 7) is 4.26. The molecule has 1 atom stereocenters. The average molecular weight is 386 g/mol. The number of hydrogen-bond acceptors (Lipinski definition) is 4. The Labute approximate surface area is 165 Å². The van der Waals surface area contributed by atoms with Crippen molar-refractivity contribution in [1.29, 1.82) is 0 Å². The Bertz CT molecular complexity index is 730. The van der Waals surface area contributed by atoms with Crippen LogP contribution in [0.4, 0.5) is 0 Å². The minimum absolute atomic E-state index is 0.0829. The normalized spacial score (nSPS) is 17.1. The number of aliphatic hydroxyl groups is 1. The number of rotatable bonds is 7. The van der Waals surface area contributed by atoms with E-state index < -0.39 is 0 Å². The third-order valence-electron chi connectivity index (χ3n) is 4.80. The number of ether oxygens (including phenoxy) is 1. The van der Waals surface area contributed by atoms with E-state index in [0.29, 0.717) is 19.7 Å².